The number of rotatable bonds is 9. The third-order valence-corrected chi connectivity index (χ3v) is 6.54. The number of likely N-dealkylation sites (tertiary alicyclic amines) is 1. The molecule has 4 nitrogen and oxygen atoms in total. The maximum absolute atomic E-state index is 12.7. The van der Waals surface area contributed by atoms with E-state index in [9.17, 15) is 9.90 Å². The zero-order chi connectivity index (χ0) is 19.9. The number of hydrogen-bond acceptors (Lipinski definition) is 5. The molecule has 0 saturated carbocycles. The largest absolute Gasteiger partial charge is 0.489 e. The number of thiophene rings is 1. The number of aliphatic hydroxyl groups is 1. The Morgan fingerprint density at radius 2 is 2.00 bits per heavy atom. The quantitative estimate of drug-likeness (QED) is 0.635. The van der Waals surface area contributed by atoms with Gasteiger partial charge in [0.05, 0.1) is 0 Å². The molecular weight excluding hydrogens is 370 g/mol. The van der Waals surface area contributed by atoms with Crippen molar-refractivity contribution in [3.05, 3.63) is 51.7 Å². The molecule has 1 aliphatic rings. The predicted molar refractivity (Wildman–Crippen MR) is 114 cm³/mol. The summed E-state index contributed by atoms with van der Waals surface area (Å²) in [5.41, 5.74) is 2.13. The second kappa shape index (κ2) is 10.2. The summed E-state index contributed by atoms with van der Waals surface area (Å²) in [5, 5.41) is 12.4. The molecular formula is C23H31NO3S. The van der Waals surface area contributed by atoms with Gasteiger partial charge < -0.3 is 14.7 Å². The molecule has 0 aliphatic carbocycles. The summed E-state index contributed by atoms with van der Waals surface area (Å²) in [7, 11) is 0. The maximum atomic E-state index is 12.7. The van der Waals surface area contributed by atoms with Crippen LogP contribution >= 0.6 is 11.3 Å². The molecule has 0 radical (unpaired) electrons. The summed E-state index contributed by atoms with van der Waals surface area (Å²) >= 11 is 1.44. The zero-order valence-corrected chi connectivity index (χ0v) is 17.7. The highest BCUT2D eigenvalue weighted by Crippen LogP contribution is 2.31. The Bertz CT molecular complexity index is 750. The molecule has 1 aliphatic heterocycles. The molecule has 1 fully saturated rings. The van der Waals surface area contributed by atoms with Crippen LogP contribution in [0, 0.1) is 12.8 Å². The van der Waals surface area contributed by atoms with Crippen molar-refractivity contribution in [2.24, 2.45) is 5.92 Å². The lowest BCUT2D eigenvalue weighted by atomic mass is 9.99. The molecule has 28 heavy (non-hydrogen) atoms. The van der Waals surface area contributed by atoms with Crippen molar-refractivity contribution in [1.82, 2.24) is 4.90 Å². The Morgan fingerprint density at radius 1 is 1.29 bits per heavy atom. The number of Topliss-reactive ketones (excluding diaryl/α,β-unsaturated/α-hetero) is 1. The van der Waals surface area contributed by atoms with Gasteiger partial charge in [-0.25, -0.2) is 0 Å². The van der Waals surface area contributed by atoms with Crippen LogP contribution in [0.1, 0.15) is 47.0 Å². The van der Waals surface area contributed by atoms with Crippen LogP contribution in [0.15, 0.2) is 35.7 Å². The van der Waals surface area contributed by atoms with Gasteiger partial charge in [0, 0.05) is 18.5 Å². The number of carbonyl (C=O) groups excluding carboxylic acids is 1. The summed E-state index contributed by atoms with van der Waals surface area (Å²) in [6.07, 6.45) is 3.04. The number of β-amino-alcohol motifs (C(OH)–C–C–N with tert-alkyl or cyclic N) is 1. The number of ketones is 1. The summed E-state index contributed by atoms with van der Waals surface area (Å²) in [6.45, 7) is 7.18. The Hall–Kier alpha value is -1.69. The minimum Gasteiger partial charge on any atom is -0.489 e. The molecule has 1 N–H and O–H groups in total. The normalized spacial score (nSPS) is 16.8. The van der Waals surface area contributed by atoms with Gasteiger partial charge in [-0.15, -0.1) is 11.3 Å². The molecule has 1 saturated heterocycles. The third kappa shape index (κ3) is 5.90. The van der Waals surface area contributed by atoms with E-state index in [-0.39, 0.29) is 12.4 Å². The summed E-state index contributed by atoms with van der Waals surface area (Å²) in [4.78, 5) is 15.7. The number of aryl methyl sites for hydroxylation is 2. The minimum atomic E-state index is -0.542. The number of benzene rings is 1. The molecule has 1 atom stereocenters. The van der Waals surface area contributed by atoms with E-state index in [0.717, 1.165) is 36.6 Å². The van der Waals surface area contributed by atoms with Gasteiger partial charge in [-0.05, 0) is 56.1 Å². The van der Waals surface area contributed by atoms with Gasteiger partial charge in [0.25, 0.3) is 0 Å². The lowest BCUT2D eigenvalue weighted by Gasteiger charge is -2.31. The Kier molecular flexibility index (Phi) is 7.65. The minimum absolute atomic E-state index is 0.108. The summed E-state index contributed by atoms with van der Waals surface area (Å²) < 4.78 is 5.92. The first-order valence-electron chi connectivity index (χ1n) is 10.2. The van der Waals surface area contributed by atoms with Crippen molar-refractivity contribution in [2.45, 2.75) is 45.6 Å². The second-order valence-corrected chi connectivity index (χ2v) is 8.81. The van der Waals surface area contributed by atoms with Crippen molar-refractivity contribution in [3.8, 4) is 5.75 Å². The first-order chi connectivity index (χ1) is 13.5. The molecule has 1 aromatic carbocycles. The number of ether oxygens (including phenoxy) is 1. The first-order valence-corrected chi connectivity index (χ1v) is 11.1. The molecule has 2 aromatic rings. The average Bonchev–Trinajstić information content (AvgIpc) is 3.07. The summed E-state index contributed by atoms with van der Waals surface area (Å²) in [6, 6.07) is 10.1. The van der Waals surface area contributed by atoms with E-state index >= 15 is 0 Å². The van der Waals surface area contributed by atoms with Crippen molar-refractivity contribution in [2.75, 3.05) is 26.2 Å². The van der Waals surface area contributed by atoms with Crippen molar-refractivity contribution < 1.29 is 14.6 Å². The van der Waals surface area contributed by atoms with Gasteiger partial charge >= 0.3 is 0 Å². The second-order valence-electron chi connectivity index (χ2n) is 7.93. The SMILES string of the molecule is Cc1csc(C(=O)CCc2ccccc2)c1OCC(O)CN1CCC(C)CC1. The molecule has 1 unspecified atom stereocenters. The van der Waals surface area contributed by atoms with Gasteiger partial charge in [0.2, 0.25) is 0 Å². The molecule has 1 aromatic heterocycles. The topological polar surface area (TPSA) is 49.8 Å². The van der Waals surface area contributed by atoms with E-state index in [1.165, 1.54) is 24.2 Å². The molecule has 152 valence electrons. The third-order valence-electron chi connectivity index (χ3n) is 5.42. The van der Waals surface area contributed by atoms with Crippen molar-refractivity contribution >= 4 is 17.1 Å². The highest BCUT2D eigenvalue weighted by Gasteiger charge is 2.21. The molecule has 3 rings (SSSR count). The van der Waals surface area contributed by atoms with Crippen LogP contribution in [0.25, 0.3) is 0 Å². The number of piperidine rings is 1. The standard InChI is InChI=1S/C23H31NO3S/c1-17-10-12-24(13-11-17)14-20(25)15-27-22-18(2)16-28-23(22)21(26)9-8-19-6-4-3-5-7-19/h3-7,16-17,20,25H,8-15H2,1-2H3. The fraction of sp³-hybridized carbons (Fsp3) is 0.522. The van der Waals surface area contributed by atoms with E-state index < -0.39 is 6.10 Å². The van der Waals surface area contributed by atoms with E-state index in [1.807, 2.05) is 42.6 Å². The molecule has 5 heteroatoms. The van der Waals surface area contributed by atoms with Gasteiger partial charge in [0.1, 0.15) is 23.3 Å². The van der Waals surface area contributed by atoms with Crippen LogP contribution in [-0.2, 0) is 6.42 Å². The van der Waals surface area contributed by atoms with Crippen LogP contribution in [0.2, 0.25) is 0 Å². The highest BCUT2D eigenvalue weighted by atomic mass is 32.1. The summed E-state index contributed by atoms with van der Waals surface area (Å²) in [5.74, 6) is 1.54. The van der Waals surface area contributed by atoms with Gasteiger partial charge in [-0.2, -0.15) is 0 Å². The maximum Gasteiger partial charge on any atom is 0.176 e. The highest BCUT2D eigenvalue weighted by molar-refractivity contribution is 7.12. The number of carbonyl (C=O) groups is 1. The van der Waals surface area contributed by atoms with E-state index in [0.29, 0.717) is 23.6 Å². The average molecular weight is 402 g/mol. The molecule has 0 spiro atoms. The van der Waals surface area contributed by atoms with E-state index in [2.05, 4.69) is 11.8 Å². The lowest BCUT2D eigenvalue weighted by Crippen LogP contribution is -2.40. The van der Waals surface area contributed by atoms with Crippen molar-refractivity contribution in [1.29, 1.82) is 0 Å². The van der Waals surface area contributed by atoms with E-state index in [4.69, 9.17) is 4.74 Å². The van der Waals surface area contributed by atoms with Gasteiger partial charge in [-0.3, -0.25) is 4.79 Å². The van der Waals surface area contributed by atoms with Crippen LogP contribution in [-0.4, -0.2) is 48.1 Å². The first kappa shape index (κ1) is 21.0. The molecule has 2 heterocycles. The van der Waals surface area contributed by atoms with Crippen LogP contribution < -0.4 is 4.74 Å². The molecule has 0 amide bonds. The van der Waals surface area contributed by atoms with Crippen LogP contribution in [0.3, 0.4) is 0 Å². The van der Waals surface area contributed by atoms with Crippen molar-refractivity contribution in [3.63, 3.8) is 0 Å². The number of nitrogens with zero attached hydrogens (tertiary/aromatic N) is 1. The number of aliphatic hydroxyl groups excluding tert-OH is 1. The fourth-order valence-electron chi connectivity index (χ4n) is 3.60. The molecule has 0 bridgehead atoms. The van der Waals surface area contributed by atoms with Crippen LogP contribution in [0.5, 0.6) is 5.75 Å². The van der Waals surface area contributed by atoms with Crippen LogP contribution in [0.4, 0.5) is 0 Å². The Morgan fingerprint density at radius 3 is 2.71 bits per heavy atom. The zero-order valence-electron chi connectivity index (χ0n) is 16.9. The number of hydrogen-bond donors (Lipinski definition) is 1. The fourth-order valence-corrected chi connectivity index (χ4v) is 4.56. The lowest BCUT2D eigenvalue weighted by molar-refractivity contribution is 0.0558. The van der Waals surface area contributed by atoms with E-state index in [1.54, 1.807) is 0 Å². The Labute approximate surface area is 172 Å². The predicted octanol–water partition coefficient (Wildman–Crippen LogP) is 4.34. The van der Waals surface area contributed by atoms with Gasteiger partial charge in [-0.1, -0.05) is 37.3 Å². The smallest absolute Gasteiger partial charge is 0.176 e. The Balaban J connectivity index is 1.51. The monoisotopic (exact) mass is 401 g/mol. The van der Waals surface area contributed by atoms with Gasteiger partial charge in [0.15, 0.2) is 5.78 Å².